The molecule has 0 aromatic rings. The molecule has 0 radical (unpaired) electrons. The molecule has 0 fully saturated rings. The summed E-state index contributed by atoms with van der Waals surface area (Å²) in [6.45, 7) is 1.48. The van der Waals surface area contributed by atoms with E-state index < -0.39 is 48.4 Å². The van der Waals surface area contributed by atoms with Crippen molar-refractivity contribution in [2.45, 2.75) is 50.7 Å². The van der Waals surface area contributed by atoms with Crippen LogP contribution in [0.1, 0.15) is 32.6 Å². The second kappa shape index (κ2) is 15.2. The average molecular weight is 459 g/mol. The molecule has 0 spiro atoms. The minimum absolute atomic E-state index is 0.0574. The molecular weight excluding hydrogens is 424 g/mol. The van der Waals surface area contributed by atoms with Crippen molar-refractivity contribution >= 4 is 35.6 Å². The molecule has 3 unspecified atom stereocenters. The zero-order valence-corrected chi connectivity index (χ0v) is 18.0. The van der Waals surface area contributed by atoms with Crippen molar-refractivity contribution in [2.24, 2.45) is 38.7 Å². The second-order valence-electron chi connectivity index (χ2n) is 6.91. The lowest BCUT2D eigenvalue weighted by Gasteiger charge is -2.18. The summed E-state index contributed by atoms with van der Waals surface area (Å²) in [5, 5.41) is 16.2. The maximum atomic E-state index is 12.1. The van der Waals surface area contributed by atoms with Crippen molar-refractivity contribution < 1.29 is 24.3 Å². The SMILES string of the molecule is CC(NC(=O)C(N)CCCN=C(N)N)C(=O)NCC(=O)NC(CCCN=C(N)N)C(=O)O. The van der Waals surface area contributed by atoms with Crippen LogP contribution in [0.3, 0.4) is 0 Å². The van der Waals surface area contributed by atoms with Crippen LogP contribution in [-0.2, 0) is 19.2 Å². The maximum absolute atomic E-state index is 12.1. The van der Waals surface area contributed by atoms with E-state index in [9.17, 15) is 24.3 Å². The number of rotatable bonds is 15. The third-order valence-corrected chi connectivity index (χ3v) is 4.06. The predicted octanol–water partition coefficient (Wildman–Crippen LogP) is -4.39. The van der Waals surface area contributed by atoms with Gasteiger partial charge in [-0.05, 0) is 32.6 Å². The predicted molar refractivity (Wildman–Crippen MR) is 118 cm³/mol. The Morgan fingerprint density at radius 1 is 0.875 bits per heavy atom. The lowest BCUT2D eigenvalue weighted by molar-refractivity contribution is -0.142. The lowest BCUT2D eigenvalue weighted by atomic mass is 10.1. The van der Waals surface area contributed by atoms with E-state index in [0.29, 0.717) is 25.8 Å². The smallest absolute Gasteiger partial charge is 0.326 e. The number of carbonyl (C=O) groups is 4. The van der Waals surface area contributed by atoms with Gasteiger partial charge in [-0.15, -0.1) is 0 Å². The zero-order chi connectivity index (χ0) is 24.7. The number of nitrogens with two attached hydrogens (primary N) is 5. The molecule has 15 heteroatoms. The molecule has 0 aromatic carbocycles. The monoisotopic (exact) mass is 458 g/mol. The molecule has 15 nitrogen and oxygen atoms in total. The van der Waals surface area contributed by atoms with Crippen molar-refractivity contribution in [3.8, 4) is 0 Å². The number of aliphatic imine (C=N–C) groups is 2. The van der Waals surface area contributed by atoms with Gasteiger partial charge in [0.05, 0.1) is 12.6 Å². The molecule has 3 amide bonds. The van der Waals surface area contributed by atoms with E-state index in [2.05, 4.69) is 25.9 Å². The molecule has 0 heterocycles. The Bertz CT molecular complexity index is 704. The Labute approximate surface area is 185 Å². The molecule has 0 aromatic heterocycles. The number of hydrogen-bond acceptors (Lipinski definition) is 7. The molecule has 0 aliphatic carbocycles. The third kappa shape index (κ3) is 13.6. The van der Waals surface area contributed by atoms with Gasteiger partial charge < -0.3 is 49.7 Å². The van der Waals surface area contributed by atoms with Gasteiger partial charge >= 0.3 is 5.97 Å². The molecular formula is C17H34N10O5. The summed E-state index contributed by atoms with van der Waals surface area (Å²) in [7, 11) is 0. The number of carboxylic acid groups (broad SMARTS) is 1. The number of hydrogen-bond donors (Lipinski definition) is 9. The van der Waals surface area contributed by atoms with Gasteiger partial charge in [0.25, 0.3) is 0 Å². The van der Waals surface area contributed by atoms with Crippen LogP contribution in [0.15, 0.2) is 9.98 Å². The largest absolute Gasteiger partial charge is 0.480 e. The number of guanidine groups is 2. The van der Waals surface area contributed by atoms with Gasteiger partial charge in [0.15, 0.2) is 11.9 Å². The van der Waals surface area contributed by atoms with Crippen molar-refractivity contribution in [1.29, 1.82) is 0 Å². The van der Waals surface area contributed by atoms with Gasteiger partial charge in [-0.1, -0.05) is 0 Å². The van der Waals surface area contributed by atoms with Crippen molar-refractivity contribution in [3.63, 3.8) is 0 Å². The van der Waals surface area contributed by atoms with Gasteiger partial charge in [0, 0.05) is 13.1 Å². The molecule has 0 saturated carbocycles. The normalized spacial score (nSPS) is 13.1. The highest BCUT2D eigenvalue weighted by atomic mass is 16.4. The fraction of sp³-hybridized carbons (Fsp3) is 0.647. The quantitative estimate of drug-likeness (QED) is 0.0645. The Kier molecular flexibility index (Phi) is 13.5. The number of nitrogens with zero attached hydrogens (tertiary/aromatic N) is 2. The van der Waals surface area contributed by atoms with Crippen LogP contribution in [0.25, 0.3) is 0 Å². The standard InChI is InChI=1S/C17H34N10O5/c1-9(26-14(30)10(18)4-2-6-23-16(19)20)13(29)25-8-12(28)27-11(15(31)32)5-3-7-24-17(21)22/h9-11H,2-8,18H2,1H3,(H,25,29)(H,26,30)(H,27,28)(H,31,32)(H4,19,20,23)(H4,21,22,24). The summed E-state index contributed by atoms with van der Waals surface area (Å²) in [5.74, 6) is -3.30. The minimum atomic E-state index is -1.23. The van der Waals surface area contributed by atoms with E-state index in [1.807, 2.05) is 0 Å². The topological polar surface area (TPSA) is 279 Å². The summed E-state index contributed by atoms with van der Waals surface area (Å²) < 4.78 is 0. The van der Waals surface area contributed by atoms with E-state index in [4.69, 9.17) is 28.7 Å². The first-order valence-corrected chi connectivity index (χ1v) is 9.90. The second-order valence-corrected chi connectivity index (χ2v) is 6.91. The van der Waals surface area contributed by atoms with E-state index in [0.717, 1.165) is 0 Å². The molecule has 182 valence electrons. The summed E-state index contributed by atoms with van der Waals surface area (Å²) >= 11 is 0. The molecule has 32 heavy (non-hydrogen) atoms. The van der Waals surface area contributed by atoms with Crippen LogP contribution in [0.4, 0.5) is 0 Å². The first-order valence-electron chi connectivity index (χ1n) is 9.90. The van der Waals surface area contributed by atoms with Crippen LogP contribution in [0.5, 0.6) is 0 Å². The van der Waals surface area contributed by atoms with Gasteiger partial charge in [-0.25, -0.2) is 4.79 Å². The van der Waals surface area contributed by atoms with Crippen LogP contribution >= 0.6 is 0 Å². The molecule has 14 N–H and O–H groups in total. The average Bonchev–Trinajstić information content (AvgIpc) is 2.70. The molecule has 0 bridgehead atoms. The van der Waals surface area contributed by atoms with Crippen molar-refractivity contribution in [1.82, 2.24) is 16.0 Å². The van der Waals surface area contributed by atoms with E-state index >= 15 is 0 Å². The zero-order valence-electron chi connectivity index (χ0n) is 18.0. The van der Waals surface area contributed by atoms with E-state index in [1.165, 1.54) is 6.92 Å². The van der Waals surface area contributed by atoms with E-state index in [-0.39, 0.29) is 24.9 Å². The summed E-state index contributed by atoms with van der Waals surface area (Å²) in [5.41, 5.74) is 26.5. The lowest BCUT2D eigenvalue weighted by Crippen LogP contribution is -2.52. The third-order valence-electron chi connectivity index (χ3n) is 4.06. The van der Waals surface area contributed by atoms with Crippen molar-refractivity contribution in [2.75, 3.05) is 19.6 Å². The van der Waals surface area contributed by atoms with Gasteiger partial charge in [-0.3, -0.25) is 24.4 Å². The molecule has 0 saturated heterocycles. The Hall–Kier alpha value is -3.62. The maximum Gasteiger partial charge on any atom is 0.326 e. The number of carbonyl (C=O) groups excluding carboxylic acids is 3. The number of carboxylic acids is 1. The summed E-state index contributed by atoms with van der Waals surface area (Å²) in [4.78, 5) is 54.8. The number of nitrogens with one attached hydrogen (secondary N) is 3. The van der Waals surface area contributed by atoms with Gasteiger partial charge in [0.2, 0.25) is 17.7 Å². The Balaban J connectivity index is 4.37. The van der Waals surface area contributed by atoms with Crippen LogP contribution in [0.2, 0.25) is 0 Å². The first kappa shape index (κ1) is 28.4. The highest BCUT2D eigenvalue weighted by Crippen LogP contribution is 1.99. The first-order chi connectivity index (χ1) is 14.9. The molecule has 0 rings (SSSR count). The number of amides is 3. The van der Waals surface area contributed by atoms with Crippen LogP contribution in [-0.4, -0.2) is 78.5 Å². The summed E-state index contributed by atoms with van der Waals surface area (Å²) in [6, 6.07) is -2.99. The molecule has 0 aliphatic rings. The summed E-state index contributed by atoms with van der Waals surface area (Å²) in [6.07, 6.45) is 1.21. The molecule has 0 aliphatic heterocycles. The Morgan fingerprint density at radius 3 is 1.91 bits per heavy atom. The fourth-order valence-electron chi connectivity index (χ4n) is 2.36. The molecule has 3 atom stereocenters. The van der Waals surface area contributed by atoms with Crippen LogP contribution < -0.4 is 44.6 Å². The minimum Gasteiger partial charge on any atom is -0.480 e. The highest BCUT2D eigenvalue weighted by Gasteiger charge is 2.22. The van der Waals surface area contributed by atoms with E-state index in [1.54, 1.807) is 0 Å². The van der Waals surface area contributed by atoms with Gasteiger partial charge in [-0.2, -0.15) is 0 Å². The fourth-order valence-corrected chi connectivity index (χ4v) is 2.36. The van der Waals surface area contributed by atoms with Gasteiger partial charge in [0.1, 0.15) is 12.1 Å². The number of aliphatic carboxylic acids is 1. The Morgan fingerprint density at radius 2 is 1.41 bits per heavy atom. The highest BCUT2D eigenvalue weighted by molar-refractivity contribution is 5.92. The van der Waals surface area contributed by atoms with Crippen molar-refractivity contribution in [3.05, 3.63) is 0 Å². The van der Waals surface area contributed by atoms with Crippen LogP contribution in [0, 0.1) is 0 Å².